The highest BCUT2D eigenvalue weighted by Crippen LogP contribution is 2.20. The van der Waals surface area contributed by atoms with Crippen LogP contribution in [0.2, 0.25) is 0 Å². The largest absolute Gasteiger partial charge is 0.508 e. The first-order chi connectivity index (χ1) is 10.2. The third-order valence-corrected chi connectivity index (χ3v) is 3.94. The molecule has 0 spiro atoms. The maximum atomic E-state index is 9.35. The van der Waals surface area contributed by atoms with Crippen molar-refractivity contribution in [1.29, 1.82) is 0 Å². The lowest BCUT2D eigenvalue weighted by Crippen LogP contribution is -2.45. The molecule has 0 aromatic heterocycles. The molecule has 4 nitrogen and oxygen atoms in total. The molecule has 0 amide bonds. The molecule has 0 aliphatic carbocycles. The van der Waals surface area contributed by atoms with Crippen LogP contribution in [0.1, 0.15) is 5.56 Å². The number of phenols is 1. The standard InChI is InChI=1S/C17H21N3O/c18-15-3-1-2-14(12-15)13-19-8-10-20(11-9-19)16-4-6-17(21)7-5-16/h1-7,12,21H,8-11,13,18H2. The summed E-state index contributed by atoms with van der Waals surface area (Å²) < 4.78 is 0. The Kier molecular flexibility index (Phi) is 3.97. The van der Waals surface area contributed by atoms with E-state index in [4.69, 9.17) is 5.73 Å². The monoisotopic (exact) mass is 283 g/mol. The van der Waals surface area contributed by atoms with E-state index in [0.717, 1.165) is 38.4 Å². The molecule has 1 saturated heterocycles. The third-order valence-electron chi connectivity index (χ3n) is 3.94. The first-order valence-corrected chi connectivity index (χ1v) is 7.31. The molecule has 1 aliphatic heterocycles. The van der Waals surface area contributed by atoms with Crippen LogP contribution in [-0.4, -0.2) is 36.2 Å². The van der Waals surface area contributed by atoms with Gasteiger partial charge in [-0.15, -0.1) is 0 Å². The number of rotatable bonds is 3. The van der Waals surface area contributed by atoms with Crippen molar-refractivity contribution in [2.24, 2.45) is 0 Å². The topological polar surface area (TPSA) is 52.7 Å². The Morgan fingerprint density at radius 1 is 0.952 bits per heavy atom. The zero-order chi connectivity index (χ0) is 14.7. The van der Waals surface area contributed by atoms with Gasteiger partial charge in [-0.05, 0) is 42.0 Å². The van der Waals surface area contributed by atoms with E-state index < -0.39 is 0 Å². The molecule has 3 N–H and O–H groups in total. The molecule has 0 radical (unpaired) electrons. The van der Waals surface area contributed by atoms with E-state index in [9.17, 15) is 5.11 Å². The Hall–Kier alpha value is -2.20. The van der Waals surface area contributed by atoms with Crippen molar-refractivity contribution < 1.29 is 5.11 Å². The summed E-state index contributed by atoms with van der Waals surface area (Å²) in [5.74, 6) is 0.319. The van der Waals surface area contributed by atoms with Crippen LogP contribution in [0, 0.1) is 0 Å². The molecule has 21 heavy (non-hydrogen) atoms. The Morgan fingerprint density at radius 3 is 2.33 bits per heavy atom. The van der Waals surface area contributed by atoms with Crippen LogP contribution in [0.25, 0.3) is 0 Å². The van der Waals surface area contributed by atoms with Gasteiger partial charge < -0.3 is 15.7 Å². The molecular weight excluding hydrogens is 262 g/mol. The number of nitrogen functional groups attached to an aromatic ring is 1. The Morgan fingerprint density at radius 2 is 1.67 bits per heavy atom. The third kappa shape index (κ3) is 3.47. The number of anilines is 2. The molecule has 4 heteroatoms. The van der Waals surface area contributed by atoms with Crippen LogP contribution >= 0.6 is 0 Å². The second-order valence-electron chi connectivity index (χ2n) is 5.52. The minimum Gasteiger partial charge on any atom is -0.508 e. The first-order valence-electron chi connectivity index (χ1n) is 7.31. The van der Waals surface area contributed by atoms with Crippen LogP contribution in [0.3, 0.4) is 0 Å². The molecule has 0 bridgehead atoms. The predicted octanol–water partition coefficient (Wildman–Crippen LogP) is 2.30. The van der Waals surface area contributed by atoms with Gasteiger partial charge in [-0.1, -0.05) is 12.1 Å². The Labute approximate surface area is 125 Å². The molecule has 110 valence electrons. The van der Waals surface area contributed by atoms with Crippen molar-refractivity contribution in [1.82, 2.24) is 4.90 Å². The number of nitrogens with two attached hydrogens (primary N) is 1. The van der Waals surface area contributed by atoms with E-state index in [1.165, 1.54) is 11.3 Å². The smallest absolute Gasteiger partial charge is 0.115 e. The lowest BCUT2D eigenvalue weighted by molar-refractivity contribution is 0.250. The van der Waals surface area contributed by atoms with E-state index in [-0.39, 0.29) is 0 Å². The van der Waals surface area contributed by atoms with E-state index in [1.54, 1.807) is 12.1 Å². The summed E-state index contributed by atoms with van der Waals surface area (Å²) in [6, 6.07) is 15.5. The zero-order valence-electron chi connectivity index (χ0n) is 12.1. The highest BCUT2D eigenvalue weighted by Gasteiger charge is 2.17. The van der Waals surface area contributed by atoms with Crippen LogP contribution in [0.15, 0.2) is 48.5 Å². The Bertz CT molecular complexity index is 589. The van der Waals surface area contributed by atoms with E-state index in [0.29, 0.717) is 5.75 Å². The lowest BCUT2D eigenvalue weighted by Gasteiger charge is -2.36. The lowest BCUT2D eigenvalue weighted by atomic mass is 10.1. The Balaban J connectivity index is 1.56. The fourth-order valence-electron chi connectivity index (χ4n) is 2.78. The minimum absolute atomic E-state index is 0.319. The molecule has 0 saturated carbocycles. The number of hydrogen-bond donors (Lipinski definition) is 2. The summed E-state index contributed by atoms with van der Waals surface area (Å²) >= 11 is 0. The molecular formula is C17H21N3O. The molecule has 1 heterocycles. The number of aromatic hydroxyl groups is 1. The van der Waals surface area contributed by atoms with E-state index in [1.807, 2.05) is 30.3 Å². The maximum Gasteiger partial charge on any atom is 0.115 e. The van der Waals surface area contributed by atoms with Gasteiger partial charge in [0.15, 0.2) is 0 Å². The number of benzene rings is 2. The molecule has 2 aromatic rings. The molecule has 0 atom stereocenters. The zero-order valence-corrected chi connectivity index (χ0v) is 12.1. The normalized spacial score (nSPS) is 16.1. The minimum atomic E-state index is 0.319. The van der Waals surface area contributed by atoms with Gasteiger partial charge in [-0.2, -0.15) is 0 Å². The van der Waals surface area contributed by atoms with Gasteiger partial charge in [0, 0.05) is 44.1 Å². The SMILES string of the molecule is Nc1cccc(CN2CCN(c3ccc(O)cc3)CC2)c1. The molecule has 2 aromatic carbocycles. The van der Waals surface area contributed by atoms with Crippen molar-refractivity contribution in [2.75, 3.05) is 36.8 Å². The van der Waals surface area contributed by atoms with E-state index in [2.05, 4.69) is 15.9 Å². The highest BCUT2D eigenvalue weighted by molar-refractivity contribution is 5.49. The molecule has 3 rings (SSSR count). The second kappa shape index (κ2) is 6.06. The van der Waals surface area contributed by atoms with Crippen LogP contribution in [-0.2, 0) is 6.54 Å². The highest BCUT2D eigenvalue weighted by atomic mass is 16.3. The summed E-state index contributed by atoms with van der Waals surface area (Å²) in [5.41, 5.74) is 9.10. The van der Waals surface area contributed by atoms with Crippen molar-refractivity contribution in [3.05, 3.63) is 54.1 Å². The van der Waals surface area contributed by atoms with Gasteiger partial charge in [0.25, 0.3) is 0 Å². The van der Waals surface area contributed by atoms with Gasteiger partial charge in [0.2, 0.25) is 0 Å². The predicted molar refractivity (Wildman–Crippen MR) is 86.5 cm³/mol. The van der Waals surface area contributed by atoms with Gasteiger partial charge in [0.1, 0.15) is 5.75 Å². The molecule has 1 aliphatic rings. The van der Waals surface area contributed by atoms with Crippen LogP contribution in [0.5, 0.6) is 5.75 Å². The number of hydrogen-bond acceptors (Lipinski definition) is 4. The van der Waals surface area contributed by atoms with Crippen LogP contribution in [0.4, 0.5) is 11.4 Å². The van der Waals surface area contributed by atoms with Crippen molar-refractivity contribution in [3.8, 4) is 5.75 Å². The van der Waals surface area contributed by atoms with Gasteiger partial charge in [-0.3, -0.25) is 4.90 Å². The summed E-state index contributed by atoms with van der Waals surface area (Å²) in [6.07, 6.45) is 0. The summed E-state index contributed by atoms with van der Waals surface area (Å²) in [4.78, 5) is 4.81. The second-order valence-corrected chi connectivity index (χ2v) is 5.52. The first kappa shape index (κ1) is 13.8. The average molecular weight is 283 g/mol. The molecule has 1 fully saturated rings. The maximum absolute atomic E-state index is 9.35. The number of nitrogens with zero attached hydrogens (tertiary/aromatic N) is 2. The summed E-state index contributed by atoms with van der Waals surface area (Å²) in [6.45, 7) is 5.04. The van der Waals surface area contributed by atoms with Crippen molar-refractivity contribution in [3.63, 3.8) is 0 Å². The van der Waals surface area contributed by atoms with Crippen molar-refractivity contribution >= 4 is 11.4 Å². The van der Waals surface area contributed by atoms with Gasteiger partial charge in [0.05, 0.1) is 0 Å². The summed E-state index contributed by atoms with van der Waals surface area (Å²) in [7, 11) is 0. The quantitative estimate of drug-likeness (QED) is 0.849. The molecule has 0 unspecified atom stereocenters. The van der Waals surface area contributed by atoms with E-state index >= 15 is 0 Å². The van der Waals surface area contributed by atoms with Gasteiger partial charge in [-0.25, -0.2) is 0 Å². The van der Waals surface area contributed by atoms with Crippen LogP contribution < -0.4 is 10.6 Å². The summed E-state index contributed by atoms with van der Waals surface area (Å²) in [5, 5.41) is 9.35. The number of phenolic OH excluding ortho intramolecular Hbond substituents is 1. The fourth-order valence-corrected chi connectivity index (χ4v) is 2.78. The fraction of sp³-hybridized carbons (Fsp3) is 0.294. The van der Waals surface area contributed by atoms with Gasteiger partial charge >= 0.3 is 0 Å². The number of piperazine rings is 1. The van der Waals surface area contributed by atoms with Crippen molar-refractivity contribution in [2.45, 2.75) is 6.54 Å². The average Bonchev–Trinajstić information content (AvgIpc) is 2.49.